The minimum atomic E-state index is 0.292. The van der Waals surface area contributed by atoms with E-state index in [0.717, 1.165) is 34.0 Å². The Morgan fingerprint density at radius 1 is 1.42 bits per heavy atom. The Morgan fingerprint density at radius 2 is 2.16 bits per heavy atom. The molecule has 2 rings (SSSR count). The highest BCUT2D eigenvalue weighted by Gasteiger charge is 2.13. The lowest BCUT2D eigenvalue weighted by Crippen LogP contribution is -2.04. The Kier molecular flexibility index (Phi) is 4.20. The molecule has 19 heavy (non-hydrogen) atoms. The second kappa shape index (κ2) is 5.70. The van der Waals surface area contributed by atoms with Gasteiger partial charge in [-0.2, -0.15) is 5.10 Å². The maximum absolute atomic E-state index is 11.2. The molecule has 1 unspecified atom stereocenters. The van der Waals surface area contributed by atoms with Crippen LogP contribution in [-0.4, -0.2) is 16.1 Å². The van der Waals surface area contributed by atoms with Crippen LogP contribution in [0.3, 0.4) is 0 Å². The zero-order chi connectivity index (χ0) is 14.0. The average molecular weight is 321 g/mol. The predicted molar refractivity (Wildman–Crippen MR) is 80.5 cm³/mol. The summed E-state index contributed by atoms with van der Waals surface area (Å²) in [5.41, 5.74) is 3.49. The summed E-state index contributed by atoms with van der Waals surface area (Å²) in [7, 11) is 0. The average Bonchev–Trinajstić information content (AvgIpc) is 2.80. The molecule has 0 aliphatic rings. The maximum atomic E-state index is 11.2. The van der Waals surface area contributed by atoms with Gasteiger partial charge in [-0.25, -0.2) is 0 Å². The molecular weight excluding hydrogens is 304 g/mol. The van der Waals surface area contributed by atoms with Gasteiger partial charge in [-0.05, 0) is 44.0 Å². The van der Waals surface area contributed by atoms with Crippen molar-refractivity contribution < 1.29 is 4.79 Å². The monoisotopic (exact) mass is 320 g/mol. The Hall–Kier alpha value is -1.42. The summed E-state index contributed by atoms with van der Waals surface area (Å²) in [6, 6.07) is 6.36. The summed E-state index contributed by atoms with van der Waals surface area (Å²) in [5, 5.41) is 4.57. The van der Waals surface area contributed by atoms with Gasteiger partial charge < -0.3 is 0 Å². The van der Waals surface area contributed by atoms with E-state index in [1.54, 1.807) is 0 Å². The van der Waals surface area contributed by atoms with Crippen molar-refractivity contribution in [3.63, 3.8) is 0 Å². The van der Waals surface area contributed by atoms with Gasteiger partial charge in [0, 0.05) is 22.3 Å². The van der Waals surface area contributed by atoms with Crippen LogP contribution in [0, 0.1) is 6.92 Å². The third-order valence-corrected chi connectivity index (χ3v) is 3.70. The van der Waals surface area contributed by atoms with Crippen LogP contribution in [0.2, 0.25) is 0 Å². The van der Waals surface area contributed by atoms with Gasteiger partial charge in [-0.15, -0.1) is 0 Å². The first kappa shape index (κ1) is 14.0. The first-order valence-corrected chi connectivity index (χ1v) is 7.16. The molecule has 1 aromatic heterocycles. The quantitative estimate of drug-likeness (QED) is 0.782. The van der Waals surface area contributed by atoms with Gasteiger partial charge in [0.2, 0.25) is 0 Å². The fraction of sp³-hybridized carbons (Fsp3) is 0.333. The van der Waals surface area contributed by atoms with Crippen molar-refractivity contribution in [2.45, 2.75) is 33.2 Å². The van der Waals surface area contributed by atoms with E-state index in [-0.39, 0.29) is 0 Å². The van der Waals surface area contributed by atoms with Crippen molar-refractivity contribution >= 4 is 22.2 Å². The number of nitrogens with zero attached hydrogens (tertiary/aromatic N) is 2. The van der Waals surface area contributed by atoms with Gasteiger partial charge in [0.25, 0.3) is 0 Å². The zero-order valence-electron chi connectivity index (χ0n) is 11.4. The summed E-state index contributed by atoms with van der Waals surface area (Å²) in [6.45, 7) is 6.23. The van der Waals surface area contributed by atoms with Crippen LogP contribution >= 0.6 is 15.9 Å². The van der Waals surface area contributed by atoms with Crippen LogP contribution in [0.1, 0.15) is 42.2 Å². The highest BCUT2D eigenvalue weighted by atomic mass is 79.9. The highest BCUT2D eigenvalue weighted by molar-refractivity contribution is 9.10. The number of hydrogen-bond donors (Lipinski definition) is 0. The number of hydrogen-bond acceptors (Lipinski definition) is 2. The van der Waals surface area contributed by atoms with Gasteiger partial charge in [-0.1, -0.05) is 22.9 Å². The van der Waals surface area contributed by atoms with Gasteiger partial charge in [0.1, 0.15) is 5.69 Å². The molecule has 0 N–H and O–H groups in total. The van der Waals surface area contributed by atoms with E-state index < -0.39 is 0 Å². The molecule has 3 nitrogen and oxygen atoms in total. The summed E-state index contributed by atoms with van der Waals surface area (Å²) in [5.74, 6) is 0. The predicted octanol–water partition coefficient (Wildman–Crippen LogP) is 4.40. The molecule has 4 heteroatoms. The van der Waals surface area contributed by atoms with E-state index in [0.29, 0.717) is 11.6 Å². The number of rotatable bonds is 4. The van der Waals surface area contributed by atoms with E-state index >= 15 is 0 Å². The first-order valence-electron chi connectivity index (χ1n) is 6.37. The van der Waals surface area contributed by atoms with Crippen molar-refractivity contribution in [1.29, 1.82) is 0 Å². The molecule has 0 saturated heterocycles. The smallest absolute Gasteiger partial charge is 0.153 e. The molecule has 2 aromatic rings. The topological polar surface area (TPSA) is 34.9 Å². The molecule has 0 bridgehead atoms. The fourth-order valence-corrected chi connectivity index (χ4v) is 2.61. The number of aldehydes is 1. The SMILES string of the molecule is CCC(C)n1cc(C=O)c(-c2cc(C)cc(Br)c2)n1. The van der Waals surface area contributed by atoms with Crippen molar-refractivity contribution in [1.82, 2.24) is 9.78 Å². The molecule has 0 saturated carbocycles. The molecule has 0 radical (unpaired) electrons. The number of benzene rings is 1. The van der Waals surface area contributed by atoms with Crippen LogP contribution in [0.25, 0.3) is 11.3 Å². The summed E-state index contributed by atoms with van der Waals surface area (Å²) >= 11 is 3.48. The molecule has 1 atom stereocenters. The Labute approximate surface area is 121 Å². The summed E-state index contributed by atoms with van der Waals surface area (Å²) in [4.78, 5) is 11.2. The Bertz CT molecular complexity index is 584. The number of aryl methyl sites for hydroxylation is 1. The minimum absolute atomic E-state index is 0.292. The first-order chi connectivity index (χ1) is 9.05. The zero-order valence-corrected chi connectivity index (χ0v) is 12.9. The van der Waals surface area contributed by atoms with Crippen LogP contribution in [-0.2, 0) is 0 Å². The van der Waals surface area contributed by atoms with Crippen LogP contribution in [0.5, 0.6) is 0 Å². The summed E-state index contributed by atoms with van der Waals surface area (Å²) < 4.78 is 2.87. The number of aromatic nitrogens is 2. The maximum Gasteiger partial charge on any atom is 0.153 e. The minimum Gasteiger partial charge on any atom is -0.298 e. The Morgan fingerprint density at radius 3 is 2.74 bits per heavy atom. The highest BCUT2D eigenvalue weighted by Crippen LogP contribution is 2.27. The molecule has 0 fully saturated rings. The van der Waals surface area contributed by atoms with Gasteiger partial charge in [0.15, 0.2) is 6.29 Å². The van der Waals surface area contributed by atoms with E-state index in [1.165, 1.54) is 0 Å². The van der Waals surface area contributed by atoms with Crippen LogP contribution in [0.15, 0.2) is 28.9 Å². The molecular formula is C15H17BrN2O. The summed E-state index contributed by atoms with van der Waals surface area (Å²) in [6.07, 6.45) is 3.68. The third kappa shape index (κ3) is 2.95. The largest absolute Gasteiger partial charge is 0.298 e. The van der Waals surface area contributed by atoms with E-state index in [1.807, 2.05) is 36.0 Å². The molecule has 0 amide bonds. The van der Waals surface area contributed by atoms with Crippen molar-refractivity contribution in [2.75, 3.05) is 0 Å². The van der Waals surface area contributed by atoms with Crippen LogP contribution < -0.4 is 0 Å². The van der Waals surface area contributed by atoms with Gasteiger partial charge >= 0.3 is 0 Å². The molecule has 100 valence electrons. The number of halogens is 1. The van der Waals surface area contributed by atoms with Crippen molar-refractivity contribution in [3.05, 3.63) is 40.0 Å². The van der Waals surface area contributed by atoms with Gasteiger partial charge in [0.05, 0.1) is 5.56 Å². The van der Waals surface area contributed by atoms with Crippen LogP contribution in [0.4, 0.5) is 0 Å². The second-order valence-electron chi connectivity index (χ2n) is 4.81. The normalized spacial score (nSPS) is 12.4. The Balaban J connectivity index is 2.54. The van der Waals surface area contributed by atoms with Crippen molar-refractivity contribution in [2.24, 2.45) is 0 Å². The molecule has 0 aliphatic carbocycles. The third-order valence-electron chi connectivity index (χ3n) is 3.25. The van der Waals surface area contributed by atoms with E-state index in [9.17, 15) is 4.79 Å². The molecule has 0 aliphatic heterocycles. The number of carbonyl (C=O) groups is 1. The van der Waals surface area contributed by atoms with E-state index in [4.69, 9.17) is 0 Å². The van der Waals surface area contributed by atoms with Gasteiger partial charge in [-0.3, -0.25) is 9.48 Å². The van der Waals surface area contributed by atoms with Crippen molar-refractivity contribution in [3.8, 4) is 11.3 Å². The number of carbonyl (C=O) groups excluding carboxylic acids is 1. The fourth-order valence-electron chi connectivity index (χ4n) is 2.00. The molecule has 1 aromatic carbocycles. The lowest BCUT2D eigenvalue weighted by Gasteiger charge is -2.08. The molecule has 1 heterocycles. The van der Waals surface area contributed by atoms with E-state index in [2.05, 4.69) is 34.9 Å². The standard InChI is InChI=1S/C15H17BrN2O/c1-4-11(3)18-8-13(9-19)15(17-18)12-5-10(2)6-14(16)7-12/h5-9,11H,4H2,1-3H3. The lowest BCUT2D eigenvalue weighted by molar-refractivity contribution is 0.112. The lowest BCUT2D eigenvalue weighted by atomic mass is 10.1. The second-order valence-corrected chi connectivity index (χ2v) is 5.72. The molecule has 0 spiro atoms.